The molecule has 0 aromatic heterocycles. The molecule has 0 bridgehead atoms. The summed E-state index contributed by atoms with van der Waals surface area (Å²) in [6.07, 6.45) is 0.822. The first kappa shape index (κ1) is 23.7. The number of methoxy groups -OCH3 is 1. The molecule has 2 amide bonds. The second-order valence-electron chi connectivity index (χ2n) is 6.96. The number of hydrogen-bond donors (Lipinski definition) is 1. The standard InChI is InChI=1S/C23H29FN2O3S/c1-4-13-25-23(28)17(2)26(14-18-5-9-20(24)10-6-18)22(27)16-30-15-19-7-11-21(29-3)12-8-19/h5-12,17H,4,13-16H2,1-3H3,(H,25,28)/t17-/m0/s1. The van der Waals surface area contributed by atoms with Crippen LogP contribution in [0.1, 0.15) is 31.4 Å². The highest BCUT2D eigenvalue weighted by atomic mass is 32.2. The SMILES string of the molecule is CCCNC(=O)[C@H](C)N(Cc1ccc(F)cc1)C(=O)CSCc1ccc(OC)cc1. The van der Waals surface area contributed by atoms with E-state index in [1.54, 1.807) is 31.1 Å². The second kappa shape index (κ2) is 12.2. The maximum atomic E-state index is 13.2. The number of ether oxygens (including phenoxy) is 1. The summed E-state index contributed by atoms with van der Waals surface area (Å²) < 4.78 is 18.4. The fraction of sp³-hybridized carbons (Fsp3) is 0.391. The highest BCUT2D eigenvalue weighted by molar-refractivity contribution is 7.99. The Morgan fingerprint density at radius 2 is 1.73 bits per heavy atom. The third-order valence-corrected chi connectivity index (χ3v) is 5.62. The smallest absolute Gasteiger partial charge is 0.242 e. The van der Waals surface area contributed by atoms with Gasteiger partial charge in [0.25, 0.3) is 0 Å². The maximum Gasteiger partial charge on any atom is 0.242 e. The van der Waals surface area contributed by atoms with E-state index in [1.807, 2.05) is 31.2 Å². The van der Waals surface area contributed by atoms with Crippen LogP contribution in [0.4, 0.5) is 4.39 Å². The van der Waals surface area contributed by atoms with Gasteiger partial charge in [-0.1, -0.05) is 31.2 Å². The topological polar surface area (TPSA) is 58.6 Å². The van der Waals surface area contributed by atoms with Gasteiger partial charge in [0.1, 0.15) is 17.6 Å². The Morgan fingerprint density at radius 3 is 2.33 bits per heavy atom. The summed E-state index contributed by atoms with van der Waals surface area (Å²) in [6.45, 7) is 4.51. The molecule has 2 aromatic rings. The van der Waals surface area contributed by atoms with Gasteiger partial charge in [0.05, 0.1) is 12.9 Å². The van der Waals surface area contributed by atoms with Crippen LogP contribution in [0.2, 0.25) is 0 Å². The molecular weight excluding hydrogens is 403 g/mol. The molecule has 162 valence electrons. The van der Waals surface area contributed by atoms with Crippen molar-refractivity contribution in [3.63, 3.8) is 0 Å². The van der Waals surface area contributed by atoms with Gasteiger partial charge in [-0.3, -0.25) is 9.59 Å². The van der Waals surface area contributed by atoms with Crippen molar-refractivity contribution in [3.8, 4) is 5.75 Å². The number of carbonyl (C=O) groups excluding carboxylic acids is 2. The van der Waals surface area contributed by atoms with Crippen LogP contribution in [0.25, 0.3) is 0 Å². The number of rotatable bonds is 11. The number of nitrogens with zero attached hydrogens (tertiary/aromatic N) is 1. The molecule has 0 saturated carbocycles. The van der Waals surface area contributed by atoms with Gasteiger partial charge < -0.3 is 15.0 Å². The van der Waals surface area contributed by atoms with Crippen LogP contribution in [-0.2, 0) is 21.9 Å². The van der Waals surface area contributed by atoms with Crippen LogP contribution >= 0.6 is 11.8 Å². The van der Waals surface area contributed by atoms with Crippen molar-refractivity contribution in [3.05, 3.63) is 65.5 Å². The van der Waals surface area contributed by atoms with Crippen molar-refractivity contribution in [1.29, 1.82) is 0 Å². The summed E-state index contributed by atoms with van der Waals surface area (Å²) in [6, 6.07) is 13.1. The first-order valence-electron chi connectivity index (χ1n) is 9.97. The predicted molar refractivity (Wildman–Crippen MR) is 119 cm³/mol. The Hall–Kier alpha value is -2.54. The molecule has 0 aliphatic heterocycles. The quantitative estimate of drug-likeness (QED) is 0.583. The van der Waals surface area contributed by atoms with E-state index >= 15 is 0 Å². The van der Waals surface area contributed by atoms with Gasteiger partial charge in [-0.2, -0.15) is 0 Å². The Labute approximate surface area is 182 Å². The number of benzene rings is 2. The average Bonchev–Trinajstić information content (AvgIpc) is 2.76. The summed E-state index contributed by atoms with van der Waals surface area (Å²) >= 11 is 1.49. The third kappa shape index (κ3) is 7.37. The van der Waals surface area contributed by atoms with E-state index in [2.05, 4.69) is 5.32 Å². The molecule has 2 rings (SSSR count). The number of amides is 2. The second-order valence-corrected chi connectivity index (χ2v) is 7.94. The fourth-order valence-electron chi connectivity index (χ4n) is 2.83. The van der Waals surface area contributed by atoms with Crippen molar-refractivity contribution in [2.24, 2.45) is 0 Å². The third-order valence-electron chi connectivity index (χ3n) is 4.64. The highest BCUT2D eigenvalue weighted by Gasteiger charge is 2.25. The summed E-state index contributed by atoms with van der Waals surface area (Å²) in [5.41, 5.74) is 1.87. The van der Waals surface area contributed by atoms with E-state index in [0.29, 0.717) is 12.3 Å². The van der Waals surface area contributed by atoms with Gasteiger partial charge in [-0.15, -0.1) is 11.8 Å². The van der Waals surface area contributed by atoms with E-state index in [-0.39, 0.29) is 29.9 Å². The summed E-state index contributed by atoms with van der Waals surface area (Å²) in [5.74, 6) is 1.07. The molecule has 0 heterocycles. The molecule has 0 spiro atoms. The summed E-state index contributed by atoms with van der Waals surface area (Å²) in [4.78, 5) is 27.0. The van der Waals surface area contributed by atoms with E-state index < -0.39 is 6.04 Å². The molecule has 0 unspecified atom stereocenters. The zero-order valence-electron chi connectivity index (χ0n) is 17.7. The monoisotopic (exact) mass is 432 g/mol. The number of thioether (sulfide) groups is 1. The number of carbonyl (C=O) groups is 2. The molecule has 0 radical (unpaired) electrons. The van der Waals surface area contributed by atoms with Crippen molar-refractivity contribution < 1.29 is 18.7 Å². The molecular formula is C23H29FN2O3S. The zero-order chi connectivity index (χ0) is 21.9. The predicted octanol–water partition coefficient (Wildman–Crippen LogP) is 4.01. The lowest BCUT2D eigenvalue weighted by Crippen LogP contribution is -2.48. The van der Waals surface area contributed by atoms with E-state index in [9.17, 15) is 14.0 Å². The van der Waals surface area contributed by atoms with Crippen molar-refractivity contribution in [2.45, 2.75) is 38.6 Å². The lowest BCUT2D eigenvalue weighted by atomic mass is 10.1. The van der Waals surface area contributed by atoms with Crippen LogP contribution in [0, 0.1) is 5.82 Å². The maximum absolute atomic E-state index is 13.2. The van der Waals surface area contributed by atoms with Crippen molar-refractivity contribution in [2.75, 3.05) is 19.4 Å². The molecule has 1 atom stereocenters. The highest BCUT2D eigenvalue weighted by Crippen LogP contribution is 2.18. The molecule has 1 N–H and O–H groups in total. The Bertz CT molecular complexity index is 812. The van der Waals surface area contributed by atoms with Crippen LogP contribution in [-0.4, -0.2) is 42.2 Å². The molecule has 0 fully saturated rings. The van der Waals surface area contributed by atoms with Crippen LogP contribution in [0.3, 0.4) is 0 Å². The average molecular weight is 433 g/mol. The van der Waals surface area contributed by atoms with Gasteiger partial charge in [0, 0.05) is 18.8 Å². The van der Waals surface area contributed by atoms with Crippen LogP contribution < -0.4 is 10.1 Å². The molecule has 0 aliphatic carbocycles. The van der Waals surface area contributed by atoms with Gasteiger partial charge >= 0.3 is 0 Å². The molecule has 0 aliphatic rings. The molecule has 2 aromatic carbocycles. The van der Waals surface area contributed by atoms with E-state index in [1.165, 1.54) is 23.9 Å². The van der Waals surface area contributed by atoms with E-state index in [0.717, 1.165) is 23.3 Å². The number of halogens is 1. The largest absolute Gasteiger partial charge is 0.497 e. The van der Waals surface area contributed by atoms with Gasteiger partial charge in [-0.05, 0) is 48.7 Å². The normalized spacial score (nSPS) is 11.6. The van der Waals surface area contributed by atoms with Crippen molar-refractivity contribution in [1.82, 2.24) is 10.2 Å². The first-order chi connectivity index (χ1) is 14.4. The minimum Gasteiger partial charge on any atom is -0.497 e. The lowest BCUT2D eigenvalue weighted by Gasteiger charge is -2.28. The summed E-state index contributed by atoms with van der Waals surface area (Å²) in [5, 5.41) is 2.84. The van der Waals surface area contributed by atoms with Gasteiger partial charge in [0.15, 0.2) is 0 Å². The zero-order valence-corrected chi connectivity index (χ0v) is 18.5. The fourth-order valence-corrected chi connectivity index (χ4v) is 3.70. The molecule has 30 heavy (non-hydrogen) atoms. The lowest BCUT2D eigenvalue weighted by molar-refractivity contribution is -0.138. The Balaban J connectivity index is 2.02. The Morgan fingerprint density at radius 1 is 1.10 bits per heavy atom. The molecule has 0 saturated heterocycles. The van der Waals surface area contributed by atoms with E-state index in [4.69, 9.17) is 4.74 Å². The van der Waals surface area contributed by atoms with Crippen molar-refractivity contribution >= 4 is 23.6 Å². The number of nitrogens with one attached hydrogen (secondary N) is 1. The summed E-state index contributed by atoms with van der Waals surface area (Å²) in [7, 11) is 1.62. The van der Waals surface area contributed by atoms with Gasteiger partial charge in [-0.25, -0.2) is 4.39 Å². The first-order valence-corrected chi connectivity index (χ1v) is 11.1. The molecule has 7 heteroatoms. The Kier molecular flexibility index (Phi) is 9.67. The van der Waals surface area contributed by atoms with Crippen LogP contribution in [0.15, 0.2) is 48.5 Å². The molecule has 5 nitrogen and oxygen atoms in total. The minimum absolute atomic E-state index is 0.128. The van der Waals surface area contributed by atoms with Crippen LogP contribution in [0.5, 0.6) is 5.75 Å². The minimum atomic E-state index is -0.615. The number of hydrogen-bond acceptors (Lipinski definition) is 4. The van der Waals surface area contributed by atoms with Gasteiger partial charge in [0.2, 0.25) is 11.8 Å².